The summed E-state index contributed by atoms with van der Waals surface area (Å²) < 4.78 is 7.89. The fourth-order valence-corrected chi connectivity index (χ4v) is 3.23. The molecule has 0 spiro atoms. The Morgan fingerprint density at radius 2 is 2.08 bits per heavy atom. The maximum absolute atomic E-state index is 10.3. The molecule has 2 atom stereocenters. The number of benzene rings is 1. The summed E-state index contributed by atoms with van der Waals surface area (Å²) in [5.74, 6) is 0. The predicted octanol–water partition coefficient (Wildman–Crippen LogP) is 2.57. The molecule has 0 aliphatic carbocycles. The van der Waals surface area contributed by atoms with Gasteiger partial charge in [-0.3, -0.25) is 4.90 Å². The lowest BCUT2D eigenvalue weighted by Gasteiger charge is -2.28. The third-order valence-electron chi connectivity index (χ3n) is 4.53. The van der Waals surface area contributed by atoms with Crippen LogP contribution < -0.4 is 0 Å². The topological polar surface area (TPSA) is 50.5 Å². The van der Waals surface area contributed by atoms with Gasteiger partial charge in [0.1, 0.15) is 0 Å². The monoisotopic (exact) mass is 349 g/mol. The van der Waals surface area contributed by atoms with Crippen molar-refractivity contribution >= 4 is 11.6 Å². The number of aromatic nitrogens is 2. The van der Waals surface area contributed by atoms with Gasteiger partial charge in [-0.15, -0.1) is 0 Å². The summed E-state index contributed by atoms with van der Waals surface area (Å²) in [6.07, 6.45) is 2.26. The number of fused-ring (bicyclic) bond motifs is 1. The Morgan fingerprint density at radius 1 is 1.33 bits per heavy atom. The normalized spacial score (nSPS) is 17.5. The summed E-state index contributed by atoms with van der Waals surface area (Å²) in [7, 11) is 2.03. The van der Waals surface area contributed by atoms with Crippen LogP contribution in [-0.4, -0.2) is 45.4 Å². The maximum Gasteiger partial charge on any atom is 0.0949 e. The molecule has 5 nitrogen and oxygen atoms in total. The largest absolute Gasteiger partial charge is 0.389 e. The van der Waals surface area contributed by atoms with Crippen molar-refractivity contribution < 1.29 is 9.84 Å². The van der Waals surface area contributed by atoms with Crippen LogP contribution in [-0.2, 0) is 24.8 Å². The first-order chi connectivity index (χ1) is 11.5. The number of aryl methyl sites for hydroxylation is 1. The van der Waals surface area contributed by atoms with Crippen molar-refractivity contribution in [1.29, 1.82) is 0 Å². The Balaban J connectivity index is 1.46. The van der Waals surface area contributed by atoms with Gasteiger partial charge < -0.3 is 14.4 Å². The van der Waals surface area contributed by atoms with Gasteiger partial charge in [-0.1, -0.05) is 23.7 Å². The minimum Gasteiger partial charge on any atom is -0.389 e. The van der Waals surface area contributed by atoms with Gasteiger partial charge in [-0.2, -0.15) is 0 Å². The SMILES string of the molecule is C[C@@H](OC[C@H](O)CN1CCc2c(ncn2C)C1)c1ccc(Cl)cc1. The molecule has 0 saturated carbocycles. The quantitative estimate of drug-likeness (QED) is 0.870. The number of imidazole rings is 1. The number of rotatable bonds is 6. The minimum atomic E-state index is -0.509. The van der Waals surface area contributed by atoms with Gasteiger partial charge in [0, 0.05) is 43.8 Å². The second kappa shape index (κ2) is 7.66. The molecular formula is C18H24ClN3O2. The van der Waals surface area contributed by atoms with E-state index in [2.05, 4.69) is 14.5 Å². The van der Waals surface area contributed by atoms with Crippen LogP contribution in [0.3, 0.4) is 0 Å². The van der Waals surface area contributed by atoms with Crippen molar-refractivity contribution in [3.8, 4) is 0 Å². The van der Waals surface area contributed by atoms with E-state index in [1.54, 1.807) is 0 Å². The minimum absolute atomic E-state index is 0.0688. The van der Waals surface area contributed by atoms with Gasteiger partial charge in [-0.05, 0) is 24.6 Å². The molecule has 0 bridgehead atoms. The van der Waals surface area contributed by atoms with E-state index in [0.29, 0.717) is 18.2 Å². The molecule has 2 aromatic rings. The van der Waals surface area contributed by atoms with Crippen LogP contribution in [0.4, 0.5) is 0 Å². The third kappa shape index (κ3) is 4.16. The summed E-state index contributed by atoms with van der Waals surface area (Å²) >= 11 is 5.90. The maximum atomic E-state index is 10.3. The van der Waals surface area contributed by atoms with Gasteiger partial charge >= 0.3 is 0 Å². The third-order valence-corrected chi connectivity index (χ3v) is 4.78. The zero-order valence-electron chi connectivity index (χ0n) is 14.2. The van der Waals surface area contributed by atoms with Gasteiger partial charge in [0.2, 0.25) is 0 Å². The molecule has 0 radical (unpaired) electrons. The summed E-state index contributed by atoms with van der Waals surface area (Å²) in [5, 5.41) is 11.0. The molecule has 2 heterocycles. The molecule has 1 aliphatic heterocycles. The van der Waals surface area contributed by atoms with Crippen molar-refractivity contribution in [2.75, 3.05) is 19.7 Å². The van der Waals surface area contributed by atoms with Gasteiger partial charge in [0.25, 0.3) is 0 Å². The molecule has 0 fully saturated rings. The molecule has 130 valence electrons. The summed E-state index contributed by atoms with van der Waals surface area (Å²) in [6, 6.07) is 7.61. The summed E-state index contributed by atoms with van der Waals surface area (Å²) in [5.41, 5.74) is 3.47. The van der Waals surface area contributed by atoms with E-state index in [9.17, 15) is 5.11 Å². The molecule has 1 aliphatic rings. The van der Waals surface area contributed by atoms with Crippen LogP contribution in [0.5, 0.6) is 0 Å². The smallest absolute Gasteiger partial charge is 0.0949 e. The predicted molar refractivity (Wildman–Crippen MR) is 94.0 cm³/mol. The fraction of sp³-hybridized carbons (Fsp3) is 0.500. The zero-order chi connectivity index (χ0) is 17.1. The number of hydrogen-bond donors (Lipinski definition) is 1. The van der Waals surface area contributed by atoms with E-state index >= 15 is 0 Å². The van der Waals surface area contributed by atoms with E-state index in [4.69, 9.17) is 16.3 Å². The Hall–Kier alpha value is -1.40. The molecule has 0 unspecified atom stereocenters. The zero-order valence-corrected chi connectivity index (χ0v) is 14.9. The molecule has 3 rings (SSSR count). The number of aliphatic hydroxyl groups excluding tert-OH is 1. The first-order valence-corrected chi connectivity index (χ1v) is 8.67. The lowest BCUT2D eigenvalue weighted by Crippen LogP contribution is -2.38. The fourth-order valence-electron chi connectivity index (χ4n) is 3.10. The lowest BCUT2D eigenvalue weighted by atomic mass is 10.1. The van der Waals surface area contributed by atoms with Crippen LogP contribution in [0.1, 0.15) is 30.0 Å². The van der Waals surface area contributed by atoms with E-state index in [-0.39, 0.29) is 6.10 Å². The summed E-state index contributed by atoms with van der Waals surface area (Å²) in [6.45, 7) is 4.63. The second-order valence-electron chi connectivity index (χ2n) is 6.41. The van der Waals surface area contributed by atoms with Crippen molar-refractivity contribution in [2.45, 2.75) is 32.1 Å². The van der Waals surface area contributed by atoms with Crippen LogP contribution in [0.2, 0.25) is 5.02 Å². The molecule has 1 aromatic heterocycles. The number of ether oxygens (including phenoxy) is 1. The summed E-state index contributed by atoms with van der Waals surface area (Å²) in [4.78, 5) is 6.66. The average Bonchev–Trinajstić information content (AvgIpc) is 2.94. The van der Waals surface area contributed by atoms with Crippen molar-refractivity contribution in [3.63, 3.8) is 0 Å². The highest BCUT2D eigenvalue weighted by Gasteiger charge is 2.22. The van der Waals surface area contributed by atoms with Gasteiger partial charge in [0.15, 0.2) is 0 Å². The van der Waals surface area contributed by atoms with Crippen molar-refractivity contribution in [2.24, 2.45) is 7.05 Å². The second-order valence-corrected chi connectivity index (χ2v) is 6.85. The average molecular weight is 350 g/mol. The Labute approximate surface area is 147 Å². The van der Waals surface area contributed by atoms with Crippen LogP contribution in [0.25, 0.3) is 0 Å². The first-order valence-electron chi connectivity index (χ1n) is 8.29. The van der Waals surface area contributed by atoms with E-state index < -0.39 is 6.10 Å². The Kier molecular flexibility index (Phi) is 5.56. The number of aliphatic hydroxyl groups is 1. The van der Waals surface area contributed by atoms with E-state index in [1.807, 2.05) is 44.6 Å². The first kappa shape index (κ1) is 17.4. The van der Waals surface area contributed by atoms with Crippen LogP contribution in [0, 0.1) is 0 Å². The van der Waals surface area contributed by atoms with Crippen molar-refractivity contribution in [1.82, 2.24) is 14.5 Å². The number of hydrogen-bond acceptors (Lipinski definition) is 4. The van der Waals surface area contributed by atoms with E-state index in [0.717, 1.165) is 30.8 Å². The lowest BCUT2D eigenvalue weighted by molar-refractivity contribution is -0.0174. The molecule has 6 heteroatoms. The molecule has 0 saturated heterocycles. The highest BCUT2D eigenvalue weighted by atomic mass is 35.5. The van der Waals surface area contributed by atoms with E-state index in [1.165, 1.54) is 5.69 Å². The number of nitrogens with zero attached hydrogens (tertiary/aromatic N) is 3. The van der Waals surface area contributed by atoms with Crippen molar-refractivity contribution in [3.05, 3.63) is 52.6 Å². The Morgan fingerprint density at radius 3 is 2.83 bits per heavy atom. The molecule has 24 heavy (non-hydrogen) atoms. The van der Waals surface area contributed by atoms with Gasteiger partial charge in [-0.25, -0.2) is 4.98 Å². The number of β-amino-alcohol motifs (C(OH)–C–C–N with tert-alkyl or cyclic N) is 1. The number of halogens is 1. The van der Waals surface area contributed by atoms with Gasteiger partial charge in [0.05, 0.1) is 30.8 Å². The molecule has 1 aromatic carbocycles. The molecule has 0 amide bonds. The molecular weight excluding hydrogens is 326 g/mol. The highest BCUT2D eigenvalue weighted by Crippen LogP contribution is 2.20. The standard InChI is InChI=1S/C18H24ClN3O2/c1-13(14-3-5-15(19)6-4-14)24-11-16(23)9-22-8-7-18-17(10-22)20-12-21(18)2/h3-6,12-13,16,23H,7-11H2,1-2H3/t13-,16-/m1/s1. The molecule has 1 N–H and O–H groups in total. The van der Waals surface area contributed by atoms with Crippen LogP contribution >= 0.6 is 11.6 Å². The Bertz CT molecular complexity index is 671. The highest BCUT2D eigenvalue weighted by molar-refractivity contribution is 6.30. The van der Waals surface area contributed by atoms with Crippen LogP contribution in [0.15, 0.2) is 30.6 Å².